The van der Waals surface area contributed by atoms with E-state index >= 15 is 0 Å². The molecule has 1 aliphatic heterocycles. The van der Waals surface area contributed by atoms with E-state index in [9.17, 15) is 19.7 Å². The van der Waals surface area contributed by atoms with E-state index in [1.54, 1.807) is 13.0 Å². The van der Waals surface area contributed by atoms with Crippen LogP contribution in [0.3, 0.4) is 0 Å². The molecule has 0 spiro atoms. The Bertz CT molecular complexity index is 569. The monoisotopic (exact) mass is 264 g/mol. The Hall–Kier alpha value is -2.44. The highest BCUT2D eigenvalue weighted by Gasteiger charge is 2.36. The molecule has 7 heteroatoms. The third kappa shape index (κ3) is 2.40. The summed E-state index contributed by atoms with van der Waals surface area (Å²) < 4.78 is 0. The number of benzene rings is 1. The molecule has 1 fully saturated rings. The molecule has 1 N–H and O–H groups in total. The van der Waals surface area contributed by atoms with Gasteiger partial charge in [-0.1, -0.05) is 6.07 Å². The van der Waals surface area contributed by atoms with Crippen molar-refractivity contribution in [2.45, 2.75) is 13.3 Å². The van der Waals surface area contributed by atoms with Crippen LogP contribution in [0.15, 0.2) is 18.2 Å². The predicted octanol–water partition coefficient (Wildman–Crippen LogP) is 1.34. The lowest BCUT2D eigenvalue weighted by atomic mass is 10.1. The molecule has 0 saturated carbocycles. The number of carbonyl (C=O) groups is 2. The van der Waals surface area contributed by atoms with Crippen molar-refractivity contribution in [3.63, 3.8) is 0 Å². The van der Waals surface area contributed by atoms with Gasteiger partial charge in [0.25, 0.3) is 5.69 Å². The molecule has 1 aromatic carbocycles. The summed E-state index contributed by atoms with van der Waals surface area (Å²) in [5.41, 5.74) is 0.986. The van der Waals surface area contributed by atoms with Gasteiger partial charge in [0, 0.05) is 25.1 Å². The summed E-state index contributed by atoms with van der Waals surface area (Å²) in [6.07, 6.45) is -0.0720. The average Bonchev–Trinajstić information content (AvgIpc) is 2.72. The maximum absolute atomic E-state index is 11.8. The quantitative estimate of drug-likeness (QED) is 0.655. The van der Waals surface area contributed by atoms with Crippen LogP contribution in [0.4, 0.5) is 11.4 Å². The van der Waals surface area contributed by atoms with Gasteiger partial charge in [-0.3, -0.25) is 19.7 Å². The molecular formula is C12H12N2O5. The predicted molar refractivity (Wildman–Crippen MR) is 65.9 cm³/mol. The standard InChI is InChI=1S/C12H12N2O5/c1-7-2-3-9(14(18)19)5-10(7)13-6-8(12(16)17)4-11(13)15/h2-3,5,8H,4,6H2,1H3,(H,16,17)/t8-/m1/s1. The van der Waals surface area contributed by atoms with Gasteiger partial charge in [-0.2, -0.15) is 0 Å². The van der Waals surface area contributed by atoms with E-state index in [1.807, 2.05) is 0 Å². The largest absolute Gasteiger partial charge is 0.481 e. The fourth-order valence-corrected chi connectivity index (χ4v) is 2.11. The number of aliphatic carboxylic acids is 1. The van der Waals surface area contributed by atoms with E-state index in [4.69, 9.17) is 5.11 Å². The van der Waals surface area contributed by atoms with E-state index in [1.165, 1.54) is 17.0 Å². The number of nitro benzene ring substituents is 1. The summed E-state index contributed by atoms with van der Waals surface area (Å²) in [5, 5.41) is 19.7. The van der Waals surface area contributed by atoms with Gasteiger partial charge in [0.15, 0.2) is 0 Å². The van der Waals surface area contributed by atoms with Crippen LogP contribution < -0.4 is 4.90 Å². The third-order valence-electron chi connectivity index (χ3n) is 3.17. The summed E-state index contributed by atoms with van der Waals surface area (Å²) in [7, 11) is 0. The molecule has 0 unspecified atom stereocenters. The van der Waals surface area contributed by atoms with Gasteiger partial charge in [0.1, 0.15) is 0 Å². The number of carbonyl (C=O) groups excluding carboxylic acids is 1. The Balaban J connectivity index is 2.36. The molecule has 1 aromatic rings. The van der Waals surface area contributed by atoms with E-state index in [-0.39, 0.29) is 24.6 Å². The van der Waals surface area contributed by atoms with E-state index in [0.29, 0.717) is 11.3 Å². The maximum atomic E-state index is 11.8. The number of non-ortho nitro benzene ring substituents is 1. The zero-order valence-electron chi connectivity index (χ0n) is 10.2. The molecule has 7 nitrogen and oxygen atoms in total. The lowest BCUT2D eigenvalue weighted by Crippen LogP contribution is -2.26. The van der Waals surface area contributed by atoms with Gasteiger partial charge < -0.3 is 10.0 Å². The van der Waals surface area contributed by atoms with Crippen LogP contribution in [0, 0.1) is 23.0 Å². The molecule has 1 amide bonds. The SMILES string of the molecule is Cc1ccc([N+](=O)[O-])cc1N1C[C@H](C(=O)O)CC1=O. The van der Waals surface area contributed by atoms with Gasteiger partial charge >= 0.3 is 5.97 Å². The van der Waals surface area contributed by atoms with Crippen molar-refractivity contribution in [3.05, 3.63) is 33.9 Å². The van der Waals surface area contributed by atoms with Crippen LogP contribution in [-0.2, 0) is 9.59 Å². The number of hydrogen-bond acceptors (Lipinski definition) is 4. The molecule has 2 rings (SSSR count). The zero-order valence-corrected chi connectivity index (χ0v) is 10.2. The highest BCUT2D eigenvalue weighted by molar-refractivity contribution is 6.00. The number of aryl methyl sites for hydroxylation is 1. The Morgan fingerprint density at radius 2 is 2.21 bits per heavy atom. The molecular weight excluding hydrogens is 252 g/mol. The van der Waals surface area contributed by atoms with Crippen LogP contribution in [-0.4, -0.2) is 28.5 Å². The first-order valence-electron chi connectivity index (χ1n) is 5.68. The number of nitrogens with zero attached hydrogens (tertiary/aromatic N) is 2. The number of nitro groups is 1. The summed E-state index contributed by atoms with van der Waals surface area (Å²) in [6.45, 7) is 1.77. The number of hydrogen-bond donors (Lipinski definition) is 1. The van der Waals surface area contributed by atoms with Crippen molar-refractivity contribution in [1.82, 2.24) is 0 Å². The summed E-state index contributed by atoms with van der Waals surface area (Å²) >= 11 is 0. The highest BCUT2D eigenvalue weighted by atomic mass is 16.6. The third-order valence-corrected chi connectivity index (χ3v) is 3.17. The van der Waals surface area contributed by atoms with E-state index in [0.717, 1.165) is 0 Å². The molecule has 1 atom stereocenters. The minimum absolute atomic E-state index is 0.0518. The Kier molecular flexibility index (Phi) is 3.20. The van der Waals surface area contributed by atoms with Gasteiger partial charge in [-0.15, -0.1) is 0 Å². The first-order chi connectivity index (χ1) is 8.90. The fraction of sp³-hybridized carbons (Fsp3) is 0.333. The number of carboxylic acids is 1. The Morgan fingerprint density at radius 1 is 1.53 bits per heavy atom. The van der Waals surface area contributed by atoms with Gasteiger partial charge in [0.2, 0.25) is 5.91 Å². The molecule has 0 aromatic heterocycles. The lowest BCUT2D eigenvalue weighted by Gasteiger charge is -2.18. The number of anilines is 1. The van der Waals surface area contributed by atoms with Crippen LogP contribution in [0.2, 0.25) is 0 Å². The second kappa shape index (κ2) is 4.68. The van der Waals surface area contributed by atoms with Crippen LogP contribution >= 0.6 is 0 Å². The molecule has 0 aliphatic carbocycles. The van der Waals surface area contributed by atoms with Crippen LogP contribution in [0.1, 0.15) is 12.0 Å². The highest BCUT2D eigenvalue weighted by Crippen LogP contribution is 2.30. The van der Waals surface area contributed by atoms with Gasteiger partial charge in [-0.25, -0.2) is 0 Å². The number of carboxylic acid groups (broad SMARTS) is 1. The molecule has 19 heavy (non-hydrogen) atoms. The number of rotatable bonds is 3. The van der Waals surface area contributed by atoms with Crippen molar-refractivity contribution in [3.8, 4) is 0 Å². The molecule has 100 valence electrons. The first-order valence-corrected chi connectivity index (χ1v) is 5.68. The smallest absolute Gasteiger partial charge is 0.308 e. The van der Waals surface area contributed by atoms with Gasteiger partial charge in [0.05, 0.1) is 16.5 Å². The topological polar surface area (TPSA) is 101 Å². The Morgan fingerprint density at radius 3 is 2.74 bits per heavy atom. The summed E-state index contributed by atoms with van der Waals surface area (Å²) in [5.74, 6) is -2.11. The minimum Gasteiger partial charge on any atom is -0.481 e. The number of amides is 1. The van der Waals surface area contributed by atoms with Crippen molar-refractivity contribution in [2.75, 3.05) is 11.4 Å². The normalized spacial score (nSPS) is 18.7. The second-order valence-electron chi connectivity index (χ2n) is 4.47. The molecule has 1 aliphatic rings. The van der Waals surface area contributed by atoms with Crippen LogP contribution in [0.5, 0.6) is 0 Å². The minimum atomic E-state index is -1.03. The first kappa shape index (κ1) is 13.0. The van der Waals surface area contributed by atoms with Crippen LogP contribution in [0.25, 0.3) is 0 Å². The molecule has 0 bridgehead atoms. The summed E-state index contributed by atoms with van der Waals surface area (Å²) in [6, 6.07) is 4.21. The maximum Gasteiger partial charge on any atom is 0.308 e. The molecule has 1 saturated heterocycles. The second-order valence-corrected chi connectivity index (χ2v) is 4.47. The van der Waals surface area contributed by atoms with Crippen molar-refractivity contribution < 1.29 is 19.6 Å². The molecule has 0 radical (unpaired) electrons. The van der Waals surface area contributed by atoms with Crippen molar-refractivity contribution in [1.29, 1.82) is 0 Å². The van der Waals surface area contributed by atoms with E-state index < -0.39 is 16.8 Å². The average molecular weight is 264 g/mol. The van der Waals surface area contributed by atoms with Crippen molar-refractivity contribution >= 4 is 23.3 Å². The van der Waals surface area contributed by atoms with Crippen molar-refractivity contribution in [2.24, 2.45) is 5.92 Å². The van der Waals surface area contributed by atoms with E-state index in [2.05, 4.69) is 0 Å². The van der Waals surface area contributed by atoms with Gasteiger partial charge in [-0.05, 0) is 12.5 Å². The lowest BCUT2D eigenvalue weighted by molar-refractivity contribution is -0.384. The fourth-order valence-electron chi connectivity index (χ4n) is 2.11. The Labute approximate surface area is 108 Å². The summed E-state index contributed by atoms with van der Waals surface area (Å²) in [4.78, 5) is 34.2. The molecule has 1 heterocycles. The zero-order chi connectivity index (χ0) is 14.2.